The molecule has 178 valence electrons. The van der Waals surface area contributed by atoms with Gasteiger partial charge in [0.1, 0.15) is 12.1 Å². The molecule has 2 atom stereocenters. The highest BCUT2D eigenvalue weighted by Gasteiger charge is 2.38. The normalized spacial score (nSPS) is 20.5. The summed E-state index contributed by atoms with van der Waals surface area (Å²) in [5.41, 5.74) is 0.606. The number of piperidine rings is 1. The molecule has 3 rings (SSSR count). The number of benzene rings is 1. The van der Waals surface area contributed by atoms with Crippen molar-refractivity contribution in [2.45, 2.75) is 44.2 Å². The van der Waals surface area contributed by atoms with Crippen molar-refractivity contribution < 1.29 is 29.1 Å². The van der Waals surface area contributed by atoms with Gasteiger partial charge in [0.25, 0.3) is 0 Å². The van der Waals surface area contributed by atoms with Crippen LogP contribution in [0, 0.1) is 0 Å². The lowest BCUT2D eigenvalue weighted by Gasteiger charge is -2.41. The van der Waals surface area contributed by atoms with Gasteiger partial charge >= 0.3 is 12.0 Å². The second-order valence-electron chi connectivity index (χ2n) is 8.09. The summed E-state index contributed by atoms with van der Waals surface area (Å²) in [6, 6.07) is 6.82. The molecule has 0 saturated carbocycles. The summed E-state index contributed by atoms with van der Waals surface area (Å²) in [5.74, 6) is -2.14. The average molecular weight is 460 g/mol. The van der Waals surface area contributed by atoms with E-state index in [4.69, 9.17) is 5.11 Å². The number of hydrogen-bond acceptors (Lipinski definition) is 5. The van der Waals surface area contributed by atoms with E-state index in [1.54, 1.807) is 24.3 Å². The maximum Gasteiger partial charge on any atom is 0.321 e. The number of carbonyl (C=O) groups is 5. The van der Waals surface area contributed by atoms with Crippen molar-refractivity contribution in [2.24, 2.45) is 0 Å². The molecular weight excluding hydrogens is 430 g/mol. The van der Waals surface area contributed by atoms with E-state index in [2.05, 4.69) is 16.0 Å². The summed E-state index contributed by atoms with van der Waals surface area (Å²) < 4.78 is 0. The first-order chi connectivity index (χ1) is 15.8. The Morgan fingerprint density at radius 2 is 1.85 bits per heavy atom. The van der Waals surface area contributed by atoms with Crippen LogP contribution in [0.3, 0.4) is 0 Å². The van der Waals surface area contributed by atoms with Gasteiger partial charge < -0.3 is 30.9 Å². The van der Waals surface area contributed by atoms with Gasteiger partial charge in [-0.3, -0.25) is 19.2 Å². The number of amides is 5. The standard InChI is InChI=1S/C22H29N5O6/c28-18(9-4-10-19(29)30)27-13-12-26(22(33)24-15-6-2-1-3-7-15)14-17(27)21(32)25-16-8-5-11-23-20(16)31/h1-3,6-7,16-17H,4-5,8-14H2,(H,23,31)(H,24,33)(H,25,32)(H,29,30)/t16-,17+/m0/s1. The Kier molecular flexibility index (Phi) is 8.22. The molecular formula is C22H29N5O6. The molecule has 1 aromatic carbocycles. The summed E-state index contributed by atoms with van der Waals surface area (Å²) in [7, 11) is 0. The van der Waals surface area contributed by atoms with Gasteiger partial charge in [-0.15, -0.1) is 0 Å². The number of carboxylic acids is 1. The molecule has 2 aliphatic rings. The van der Waals surface area contributed by atoms with Gasteiger partial charge in [0, 0.05) is 38.2 Å². The molecule has 33 heavy (non-hydrogen) atoms. The van der Waals surface area contributed by atoms with E-state index < -0.39 is 30.0 Å². The fourth-order valence-corrected chi connectivity index (χ4v) is 3.93. The summed E-state index contributed by atoms with van der Waals surface area (Å²) in [6.07, 6.45) is 1.21. The fraction of sp³-hybridized carbons (Fsp3) is 0.500. The number of hydrogen-bond donors (Lipinski definition) is 4. The smallest absolute Gasteiger partial charge is 0.321 e. The third-order valence-corrected chi connectivity index (χ3v) is 5.70. The van der Waals surface area contributed by atoms with Crippen molar-refractivity contribution in [3.63, 3.8) is 0 Å². The molecule has 0 aliphatic carbocycles. The molecule has 0 bridgehead atoms. The maximum atomic E-state index is 13.1. The highest BCUT2D eigenvalue weighted by molar-refractivity contribution is 5.94. The van der Waals surface area contributed by atoms with Crippen molar-refractivity contribution in [1.82, 2.24) is 20.4 Å². The largest absolute Gasteiger partial charge is 0.481 e. The van der Waals surface area contributed by atoms with Crippen LogP contribution in [0.15, 0.2) is 30.3 Å². The van der Waals surface area contributed by atoms with Gasteiger partial charge in [0.2, 0.25) is 17.7 Å². The molecule has 0 radical (unpaired) electrons. The van der Waals surface area contributed by atoms with E-state index in [9.17, 15) is 24.0 Å². The Balaban J connectivity index is 1.69. The van der Waals surface area contributed by atoms with Crippen LogP contribution in [0.2, 0.25) is 0 Å². The number of anilines is 1. The van der Waals surface area contributed by atoms with Crippen LogP contribution in [0.25, 0.3) is 0 Å². The zero-order chi connectivity index (χ0) is 23.8. The lowest BCUT2D eigenvalue weighted by molar-refractivity contribution is -0.144. The number of carbonyl (C=O) groups excluding carboxylic acids is 4. The Labute approximate surface area is 191 Å². The number of para-hydroxylation sites is 1. The highest BCUT2D eigenvalue weighted by atomic mass is 16.4. The van der Waals surface area contributed by atoms with Crippen LogP contribution in [0.4, 0.5) is 10.5 Å². The number of nitrogens with zero attached hydrogens (tertiary/aromatic N) is 2. The fourth-order valence-electron chi connectivity index (χ4n) is 3.93. The van der Waals surface area contributed by atoms with Gasteiger partial charge in [-0.05, 0) is 31.4 Å². The first kappa shape index (κ1) is 24.0. The topological polar surface area (TPSA) is 148 Å². The van der Waals surface area contributed by atoms with Crippen molar-refractivity contribution >= 4 is 35.4 Å². The van der Waals surface area contributed by atoms with Gasteiger partial charge in [-0.2, -0.15) is 0 Å². The molecule has 0 spiro atoms. The zero-order valence-electron chi connectivity index (χ0n) is 18.3. The molecule has 4 N–H and O–H groups in total. The van der Waals surface area contributed by atoms with Gasteiger partial charge in [0.15, 0.2) is 0 Å². The molecule has 2 heterocycles. The van der Waals surface area contributed by atoms with Crippen molar-refractivity contribution in [3.05, 3.63) is 30.3 Å². The van der Waals surface area contributed by atoms with Gasteiger partial charge in [-0.1, -0.05) is 18.2 Å². The van der Waals surface area contributed by atoms with E-state index >= 15 is 0 Å². The van der Waals surface area contributed by atoms with E-state index in [1.807, 2.05) is 6.07 Å². The molecule has 5 amide bonds. The first-order valence-electron chi connectivity index (χ1n) is 11.1. The second kappa shape index (κ2) is 11.3. The number of urea groups is 1. The monoisotopic (exact) mass is 459 g/mol. The highest BCUT2D eigenvalue weighted by Crippen LogP contribution is 2.16. The summed E-state index contributed by atoms with van der Waals surface area (Å²) in [4.78, 5) is 64.3. The van der Waals surface area contributed by atoms with E-state index in [0.29, 0.717) is 18.7 Å². The predicted molar refractivity (Wildman–Crippen MR) is 118 cm³/mol. The molecule has 11 heteroatoms. The van der Waals surface area contributed by atoms with Crippen molar-refractivity contribution in [3.8, 4) is 0 Å². The molecule has 11 nitrogen and oxygen atoms in total. The lowest BCUT2D eigenvalue weighted by atomic mass is 10.0. The second-order valence-corrected chi connectivity index (χ2v) is 8.09. The molecule has 2 fully saturated rings. The molecule has 2 aliphatic heterocycles. The molecule has 2 saturated heterocycles. The quantitative estimate of drug-likeness (QED) is 0.463. The maximum absolute atomic E-state index is 13.1. The summed E-state index contributed by atoms with van der Waals surface area (Å²) >= 11 is 0. The Bertz CT molecular complexity index is 893. The third kappa shape index (κ3) is 6.67. The third-order valence-electron chi connectivity index (χ3n) is 5.70. The lowest BCUT2D eigenvalue weighted by Crippen LogP contribution is -2.64. The Hall–Kier alpha value is -3.63. The first-order valence-corrected chi connectivity index (χ1v) is 11.1. The van der Waals surface area contributed by atoms with Crippen LogP contribution in [-0.2, 0) is 19.2 Å². The van der Waals surface area contributed by atoms with Crippen LogP contribution in [-0.4, -0.2) is 82.9 Å². The van der Waals surface area contributed by atoms with E-state index in [1.165, 1.54) is 9.80 Å². The van der Waals surface area contributed by atoms with E-state index in [0.717, 1.165) is 6.42 Å². The van der Waals surface area contributed by atoms with Crippen LogP contribution >= 0.6 is 0 Å². The van der Waals surface area contributed by atoms with Gasteiger partial charge in [0.05, 0.1) is 6.54 Å². The molecule has 1 aromatic rings. The Morgan fingerprint density at radius 1 is 1.09 bits per heavy atom. The minimum absolute atomic E-state index is 0.0177. The van der Waals surface area contributed by atoms with Crippen molar-refractivity contribution in [1.29, 1.82) is 0 Å². The minimum atomic E-state index is -0.997. The van der Waals surface area contributed by atoms with E-state index in [-0.39, 0.29) is 50.7 Å². The molecule has 0 aromatic heterocycles. The summed E-state index contributed by atoms with van der Waals surface area (Å²) in [5, 5.41) is 17.0. The van der Waals surface area contributed by atoms with Crippen LogP contribution < -0.4 is 16.0 Å². The SMILES string of the molecule is O=C(O)CCCC(=O)N1CCN(C(=O)Nc2ccccc2)C[C@@H]1C(=O)N[C@H]1CCCNC1=O. The van der Waals surface area contributed by atoms with Gasteiger partial charge in [-0.25, -0.2) is 4.79 Å². The number of aliphatic carboxylic acids is 1. The zero-order valence-corrected chi connectivity index (χ0v) is 18.3. The van der Waals surface area contributed by atoms with Crippen molar-refractivity contribution in [2.75, 3.05) is 31.5 Å². The average Bonchev–Trinajstić information content (AvgIpc) is 2.80. The predicted octanol–water partition coefficient (Wildman–Crippen LogP) is 0.381. The van der Waals surface area contributed by atoms with Crippen LogP contribution in [0.1, 0.15) is 32.1 Å². The minimum Gasteiger partial charge on any atom is -0.481 e. The molecule has 0 unspecified atom stereocenters. The van der Waals surface area contributed by atoms with Crippen LogP contribution in [0.5, 0.6) is 0 Å². The number of piperazine rings is 1. The number of nitrogens with one attached hydrogen (secondary N) is 3. The number of carboxylic acid groups (broad SMARTS) is 1. The summed E-state index contributed by atoms with van der Waals surface area (Å²) in [6.45, 7) is 0.861. The Morgan fingerprint density at radius 3 is 2.55 bits per heavy atom. The number of rotatable bonds is 7.